The van der Waals surface area contributed by atoms with E-state index < -0.39 is 10.8 Å². The van der Waals surface area contributed by atoms with Gasteiger partial charge in [0.25, 0.3) is 6.71 Å². The van der Waals surface area contributed by atoms with Gasteiger partial charge in [-0.15, -0.1) is 0 Å². The van der Waals surface area contributed by atoms with Gasteiger partial charge in [-0.3, -0.25) is 0 Å². The molecule has 2 aliphatic carbocycles. The minimum absolute atomic E-state index is 0.256. The van der Waals surface area contributed by atoms with Crippen LogP contribution in [0, 0.1) is 27.7 Å². The quantitative estimate of drug-likeness (QED) is 0.127. The number of fused-ring (bicyclic) bond motifs is 10. The summed E-state index contributed by atoms with van der Waals surface area (Å²) in [6, 6.07) is 111. The van der Waals surface area contributed by atoms with Gasteiger partial charge in [0.15, 0.2) is 0 Å². The maximum absolute atomic E-state index is 7.31. The number of aryl methyl sites for hydroxylation is 4. The van der Waals surface area contributed by atoms with Crippen LogP contribution in [0.5, 0.6) is 23.0 Å². The molecule has 4 aliphatic rings. The van der Waals surface area contributed by atoms with E-state index in [0.717, 1.165) is 84.6 Å². The Morgan fingerprint density at radius 2 is 0.551 bits per heavy atom. The van der Waals surface area contributed by atoms with E-state index >= 15 is 0 Å². The van der Waals surface area contributed by atoms with Gasteiger partial charge in [-0.2, -0.15) is 0 Å². The van der Waals surface area contributed by atoms with Gasteiger partial charge in [0.05, 0.1) is 10.8 Å². The molecule has 0 amide bonds. The molecule has 0 saturated heterocycles. The molecule has 0 bridgehead atoms. The van der Waals surface area contributed by atoms with E-state index in [4.69, 9.17) is 9.47 Å². The number of benzene rings is 13. The third-order valence-corrected chi connectivity index (χ3v) is 19.4. The lowest BCUT2D eigenvalue weighted by molar-refractivity contribution is 0.464. The van der Waals surface area contributed by atoms with E-state index in [1.807, 2.05) is 0 Å². The Balaban J connectivity index is 0.908. The summed E-state index contributed by atoms with van der Waals surface area (Å²) in [5.74, 6) is 3.30. The number of nitrogens with zero attached hydrogens (tertiary/aromatic N) is 2. The number of anilines is 6. The monoisotopic (exact) mass is 1140 g/mol. The van der Waals surface area contributed by atoms with E-state index in [1.54, 1.807) is 0 Å². The molecule has 2 heterocycles. The van der Waals surface area contributed by atoms with E-state index in [1.165, 1.54) is 77.9 Å². The molecule has 5 heteroatoms. The SMILES string of the molecule is Cc1ccc(N(c2ccc(C)cc2)c2ccc3c(c2)C(c2ccccc2)(c2ccccc2)c2cc4c(cc2-3)Oc2cccc3c2B4c2cc4c(cc2O3)-c2ccc(N(c3ccc(C)cc3)c3ccc(C)cc3)cc2C4(c2ccccc2)c2ccccc2)cc1. The fraction of sp³-hybridized carbons (Fsp3) is 0.0714. The molecule has 0 saturated carbocycles. The number of rotatable bonds is 10. The smallest absolute Gasteiger partial charge is 0.260 e. The molecular weight excluding hydrogens is 1080 g/mol. The number of hydrogen-bond donors (Lipinski definition) is 0. The number of hydrogen-bond acceptors (Lipinski definition) is 4. The predicted octanol–water partition coefficient (Wildman–Crippen LogP) is 19.3. The topological polar surface area (TPSA) is 24.9 Å². The van der Waals surface area contributed by atoms with Crippen LogP contribution in [0.4, 0.5) is 34.1 Å². The summed E-state index contributed by atoms with van der Waals surface area (Å²) in [7, 11) is 0. The van der Waals surface area contributed by atoms with E-state index in [9.17, 15) is 0 Å². The Kier molecular flexibility index (Phi) is 12.0. The van der Waals surface area contributed by atoms with Crippen LogP contribution < -0.4 is 35.7 Å². The highest BCUT2D eigenvalue weighted by atomic mass is 16.5. The van der Waals surface area contributed by atoms with Crippen molar-refractivity contribution in [2.75, 3.05) is 9.80 Å². The van der Waals surface area contributed by atoms with Crippen molar-refractivity contribution in [3.8, 4) is 45.3 Å². The first-order valence-corrected chi connectivity index (χ1v) is 31.0. The largest absolute Gasteiger partial charge is 0.458 e. The van der Waals surface area contributed by atoms with Crippen LogP contribution in [0.3, 0.4) is 0 Å². The first-order valence-electron chi connectivity index (χ1n) is 31.0. The molecule has 2 aliphatic heterocycles. The zero-order valence-electron chi connectivity index (χ0n) is 50.1. The summed E-state index contributed by atoms with van der Waals surface area (Å²) >= 11 is 0. The molecule has 89 heavy (non-hydrogen) atoms. The molecule has 0 atom stereocenters. The van der Waals surface area contributed by atoms with Crippen LogP contribution in [0.2, 0.25) is 0 Å². The highest BCUT2D eigenvalue weighted by Crippen LogP contribution is 2.61. The fourth-order valence-corrected chi connectivity index (χ4v) is 15.3. The second-order valence-electron chi connectivity index (χ2n) is 24.6. The van der Waals surface area contributed by atoms with Crippen molar-refractivity contribution in [1.82, 2.24) is 0 Å². The minimum atomic E-state index is -0.740. The van der Waals surface area contributed by atoms with Crippen molar-refractivity contribution in [3.05, 3.63) is 364 Å². The predicted molar refractivity (Wildman–Crippen MR) is 367 cm³/mol. The molecule has 4 nitrogen and oxygen atoms in total. The molecule has 17 rings (SSSR count). The molecular formula is C84H61BN2O2. The fourth-order valence-electron chi connectivity index (χ4n) is 15.3. The van der Waals surface area contributed by atoms with Crippen LogP contribution in [0.15, 0.2) is 297 Å². The average Bonchev–Trinajstić information content (AvgIpc) is 1.58. The van der Waals surface area contributed by atoms with Crippen molar-refractivity contribution < 1.29 is 9.47 Å². The summed E-state index contributed by atoms with van der Waals surface area (Å²) in [4.78, 5) is 4.81. The van der Waals surface area contributed by atoms with Crippen LogP contribution in [0.25, 0.3) is 22.3 Å². The molecule has 0 unspecified atom stereocenters. The van der Waals surface area contributed by atoms with Crippen LogP contribution >= 0.6 is 0 Å². The average molecular weight is 1140 g/mol. The molecule has 0 aromatic heterocycles. The molecule has 0 spiro atoms. The number of ether oxygens (including phenoxy) is 2. The van der Waals surface area contributed by atoms with Gasteiger partial charge < -0.3 is 19.3 Å². The van der Waals surface area contributed by atoms with Crippen molar-refractivity contribution >= 4 is 57.2 Å². The lowest BCUT2D eigenvalue weighted by Crippen LogP contribution is -2.58. The maximum Gasteiger partial charge on any atom is 0.260 e. The summed E-state index contributed by atoms with van der Waals surface area (Å²) in [5.41, 5.74) is 27.5. The Labute approximate surface area is 521 Å². The third kappa shape index (κ3) is 8.01. The summed E-state index contributed by atoms with van der Waals surface area (Å²) in [6.07, 6.45) is 0. The zero-order chi connectivity index (χ0) is 59.5. The van der Waals surface area contributed by atoms with Crippen LogP contribution in [-0.4, -0.2) is 6.71 Å². The highest BCUT2D eigenvalue weighted by molar-refractivity contribution is 6.98. The van der Waals surface area contributed by atoms with Gasteiger partial charge in [0.1, 0.15) is 23.0 Å². The van der Waals surface area contributed by atoms with E-state index in [2.05, 4.69) is 335 Å². The van der Waals surface area contributed by atoms with Gasteiger partial charge in [-0.05, 0) is 202 Å². The van der Waals surface area contributed by atoms with Crippen molar-refractivity contribution in [3.63, 3.8) is 0 Å². The third-order valence-electron chi connectivity index (χ3n) is 19.4. The summed E-state index contributed by atoms with van der Waals surface area (Å²) < 4.78 is 14.6. The zero-order valence-corrected chi connectivity index (χ0v) is 50.1. The highest BCUT2D eigenvalue weighted by Gasteiger charge is 2.52. The second-order valence-corrected chi connectivity index (χ2v) is 24.6. The van der Waals surface area contributed by atoms with Crippen molar-refractivity contribution in [2.24, 2.45) is 0 Å². The summed E-state index contributed by atoms with van der Waals surface area (Å²) in [5, 5.41) is 0. The van der Waals surface area contributed by atoms with Gasteiger partial charge in [0, 0.05) is 39.6 Å². The van der Waals surface area contributed by atoms with Crippen molar-refractivity contribution in [1.29, 1.82) is 0 Å². The Hall–Kier alpha value is -10.9. The first-order chi connectivity index (χ1) is 43.7. The summed E-state index contributed by atoms with van der Waals surface area (Å²) in [6.45, 7) is 8.35. The molecule has 13 aromatic rings. The van der Waals surface area contributed by atoms with E-state index in [0.29, 0.717) is 0 Å². The Bertz CT molecular complexity index is 4430. The molecule has 13 aromatic carbocycles. The van der Waals surface area contributed by atoms with Crippen molar-refractivity contribution in [2.45, 2.75) is 38.5 Å². The molecule has 0 N–H and O–H groups in total. The molecule has 0 radical (unpaired) electrons. The first kappa shape index (κ1) is 52.5. The lowest BCUT2D eigenvalue weighted by Gasteiger charge is -2.38. The molecule has 0 fully saturated rings. The standard InChI is InChI=1S/C84H61BN2O2/c1-54-28-36-62(37-29-54)86(63-38-30-55(2)31-39-63)66-44-46-68-70-50-80-76(52-74(70)83(72(68)48-66,58-18-9-5-10-19-58)59-20-11-6-12-21-59)85-77-53-75-71(51-81(77)89-79-27-17-26-78(88-80)82(79)85)69-47-45-67(87(64-40-32-56(3)33-41-64)65-42-34-57(4)35-43-65)49-73(69)84(75,60-22-13-7-14-23-60)61-24-15-8-16-25-61/h5-53H,1-4H3. The Morgan fingerprint density at radius 3 is 0.865 bits per heavy atom. The van der Waals surface area contributed by atoms with Crippen LogP contribution in [0.1, 0.15) is 66.8 Å². The van der Waals surface area contributed by atoms with Crippen LogP contribution in [-0.2, 0) is 10.8 Å². The van der Waals surface area contributed by atoms with Gasteiger partial charge in [-0.1, -0.05) is 222 Å². The van der Waals surface area contributed by atoms with Gasteiger partial charge in [0.2, 0.25) is 0 Å². The normalized spacial score (nSPS) is 13.7. The maximum atomic E-state index is 7.31. The lowest BCUT2D eigenvalue weighted by atomic mass is 9.34. The molecule has 422 valence electrons. The van der Waals surface area contributed by atoms with E-state index in [-0.39, 0.29) is 6.71 Å². The second kappa shape index (κ2) is 20.4. The van der Waals surface area contributed by atoms with Gasteiger partial charge in [-0.25, -0.2) is 0 Å². The minimum Gasteiger partial charge on any atom is -0.458 e. The van der Waals surface area contributed by atoms with Gasteiger partial charge >= 0.3 is 0 Å². The Morgan fingerprint density at radius 1 is 0.258 bits per heavy atom.